The highest BCUT2D eigenvalue weighted by atomic mass is 16.7. The fourth-order valence-electron chi connectivity index (χ4n) is 0.791. The monoisotopic (exact) mass is 174 g/mol. The van der Waals surface area contributed by atoms with Crippen LogP contribution in [-0.4, -0.2) is 19.0 Å². The van der Waals surface area contributed by atoms with Crippen molar-refractivity contribution < 1.29 is 9.47 Å². The second-order valence-electron chi connectivity index (χ2n) is 3.65. The van der Waals surface area contributed by atoms with Gasteiger partial charge in [-0.1, -0.05) is 20.8 Å². The van der Waals surface area contributed by atoms with Crippen molar-refractivity contribution in [2.75, 3.05) is 6.61 Å². The summed E-state index contributed by atoms with van der Waals surface area (Å²) in [6, 6.07) is 0. The molecular weight excluding hydrogens is 152 g/mol. The van der Waals surface area contributed by atoms with Crippen LogP contribution in [0.2, 0.25) is 0 Å². The van der Waals surface area contributed by atoms with Gasteiger partial charge >= 0.3 is 0 Å². The van der Waals surface area contributed by atoms with Gasteiger partial charge in [-0.2, -0.15) is 0 Å². The fraction of sp³-hybridized carbons (Fsp3) is 1.00. The Bertz CT molecular complexity index is 102. The van der Waals surface area contributed by atoms with E-state index in [9.17, 15) is 0 Å². The fourth-order valence-corrected chi connectivity index (χ4v) is 0.791. The third-order valence-electron chi connectivity index (χ3n) is 1.66. The second kappa shape index (κ2) is 6.44. The zero-order chi connectivity index (χ0) is 9.56. The first-order valence-corrected chi connectivity index (χ1v) is 4.83. The molecule has 0 aliphatic rings. The Morgan fingerprint density at radius 1 is 1.08 bits per heavy atom. The predicted molar refractivity (Wildman–Crippen MR) is 51.1 cm³/mol. The molecule has 0 bridgehead atoms. The molecular formula is C10H22O2. The van der Waals surface area contributed by atoms with Gasteiger partial charge in [-0.3, -0.25) is 0 Å². The van der Waals surface area contributed by atoms with E-state index in [2.05, 4.69) is 27.7 Å². The second-order valence-corrected chi connectivity index (χ2v) is 3.65. The molecule has 0 aliphatic carbocycles. The first kappa shape index (κ1) is 11.9. The molecule has 0 aromatic rings. The summed E-state index contributed by atoms with van der Waals surface area (Å²) in [5.41, 5.74) is 0. The Hall–Kier alpha value is -0.0800. The smallest absolute Gasteiger partial charge is 0.155 e. The zero-order valence-electron chi connectivity index (χ0n) is 8.96. The van der Waals surface area contributed by atoms with Gasteiger partial charge in [0.25, 0.3) is 0 Å². The summed E-state index contributed by atoms with van der Waals surface area (Å²) in [7, 11) is 0. The molecule has 0 N–H and O–H groups in total. The minimum atomic E-state index is -0.0673. The van der Waals surface area contributed by atoms with Crippen LogP contribution in [-0.2, 0) is 9.47 Å². The quantitative estimate of drug-likeness (QED) is 0.576. The van der Waals surface area contributed by atoms with Crippen molar-refractivity contribution in [3.63, 3.8) is 0 Å². The van der Waals surface area contributed by atoms with E-state index < -0.39 is 0 Å². The molecule has 0 spiro atoms. The SMILES string of the molecule is CCC(C)OC(C)OCC(C)C. The van der Waals surface area contributed by atoms with Crippen LogP contribution in [0.4, 0.5) is 0 Å². The van der Waals surface area contributed by atoms with E-state index in [0.29, 0.717) is 12.0 Å². The van der Waals surface area contributed by atoms with Crippen LogP contribution in [0.15, 0.2) is 0 Å². The van der Waals surface area contributed by atoms with Crippen molar-refractivity contribution in [1.82, 2.24) is 0 Å². The van der Waals surface area contributed by atoms with E-state index >= 15 is 0 Å². The summed E-state index contributed by atoms with van der Waals surface area (Å²) in [5, 5.41) is 0. The Balaban J connectivity index is 3.39. The van der Waals surface area contributed by atoms with Gasteiger partial charge in [0, 0.05) is 0 Å². The Kier molecular flexibility index (Phi) is 6.39. The molecule has 0 radical (unpaired) electrons. The molecule has 74 valence electrons. The first-order chi connectivity index (χ1) is 5.56. The van der Waals surface area contributed by atoms with E-state index in [4.69, 9.17) is 9.47 Å². The molecule has 0 fully saturated rings. The van der Waals surface area contributed by atoms with Crippen LogP contribution >= 0.6 is 0 Å². The highest BCUT2D eigenvalue weighted by molar-refractivity contribution is 4.46. The summed E-state index contributed by atoms with van der Waals surface area (Å²) in [5.74, 6) is 0.577. The van der Waals surface area contributed by atoms with Gasteiger partial charge in [-0.05, 0) is 26.2 Å². The summed E-state index contributed by atoms with van der Waals surface area (Å²) in [4.78, 5) is 0. The van der Waals surface area contributed by atoms with Crippen molar-refractivity contribution in [2.24, 2.45) is 5.92 Å². The third-order valence-corrected chi connectivity index (χ3v) is 1.66. The van der Waals surface area contributed by atoms with E-state index in [0.717, 1.165) is 13.0 Å². The molecule has 0 aromatic heterocycles. The molecule has 2 nitrogen and oxygen atoms in total. The summed E-state index contributed by atoms with van der Waals surface area (Å²) >= 11 is 0. The van der Waals surface area contributed by atoms with Crippen molar-refractivity contribution in [2.45, 2.75) is 53.4 Å². The van der Waals surface area contributed by atoms with Crippen molar-refractivity contribution in [3.05, 3.63) is 0 Å². The topological polar surface area (TPSA) is 18.5 Å². The average Bonchev–Trinajstić information content (AvgIpc) is 2.00. The Morgan fingerprint density at radius 3 is 2.08 bits per heavy atom. The molecule has 12 heavy (non-hydrogen) atoms. The minimum Gasteiger partial charge on any atom is -0.353 e. The van der Waals surface area contributed by atoms with E-state index in [1.54, 1.807) is 0 Å². The standard InChI is InChI=1S/C10H22O2/c1-6-9(4)12-10(5)11-7-8(2)3/h8-10H,6-7H2,1-5H3. The maximum absolute atomic E-state index is 5.53. The molecule has 2 heteroatoms. The van der Waals surface area contributed by atoms with Crippen molar-refractivity contribution in [3.8, 4) is 0 Å². The lowest BCUT2D eigenvalue weighted by atomic mass is 10.2. The van der Waals surface area contributed by atoms with E-state index in [1.165, 1.54) is 0 Å². The van der Waals surface area contributed by atoms with E-state index in [-0.39, 0.29) is 6.29 Å². The minimum absolute atomic E-state index is 0.0673. The van der Waals surface area contributed by atoms with Gasteiger partial charge in [0.15, 0.2) is 6.29 Å². The van der Waals surface area contributed by atoms with Gasteiger partial charge in [0.1, 0.15) is 0 Å². The molecule has 2 atom stereocenters. The number of rotatable bonds is 6. The van der Waals surface area contributed by atoms with Crippen LogP contribution in [0.25, 0.3) is 0 Å². The normalized spacial score (nSPS) is 16.5. The van der Waals surface area contributed by atoms with Crippen molar-refractivity contribution >= 4 is 0 Å². The molecule has 0 saturated carbocycles. The molecule has 0 aliphatic heterocycles. The summed E-state index contributed by atoms with van der Waals surface area (Å²) < 4.78 is 11.0. The highest BCUT2D eigenvalue weighted by Crippen LogP contribution is 2.04. The molecule has 0 aromatic carbocycles. The summed E-state index contributed by atoms with van der Waals surface area (Å²) in [6.45, 7) is 11.2. The highest BCUT2D eigenvalue weighted by Gasteiger charge is 2.07. The van der Waals surface area contributed by atoms with Gasteiger partial charge < -0.3 is 9.47 Å². The van der Waals surface area contributed by atoms with Crippen LogP contribution < -0.4 is 0 Å². The first-order valence-electron chi connectivity index (χ1n) is 4.83. The number of ether oxygens (including phenoxy) is 2. The largest absolute Gasteiger partial charge is 0.353 e. The molecule has 0 rings (SSSR count). The van der Waals surface area contributed by atoms with Gasteiger partial charge in [-0.15, -0.1) is 0 Å². The molecule has 0 amide bonds. The van der Waals surface area contributed by atoms with Gasteiger partial charge in [0.2, 0.25) is 0 Å². The van der Waals surface area contributed by atoms with Crippen LogP contribution in [0.5, 0.6) is 0 Å². The lowest BCUT2D eigenvalue weighted by Crippen LogP contribution is -2.21. The maximum atomic E-state index is 5.53. The van der Waals surface area contributed by atoms with Crippen LogP contribution in [0.3, 0.4) is 0 Å². The lowest BCUT2D eigenvalue weighted by Gasteiger charge is -2.19. The molecule has 2 unspecified atom stereocenters. The van der Waals surface area contributed by atoms with Gasteiger partial charge in [-0.25, -0.2) is 0 Å². The average molecular weight is 174 g/mol. The Morgan fingerprint density at radius 2 is 1.67 bits per heavy atom. The molecule has 0 heterocycles. The molecule has 0 saturated heterocycles. The number of hydrogen-bond acceptors (Lipinski definition) is 2. The lowest BCUT2D eigenvalue weighted by molar-refractivity contribution is -0.160. The van der Waals surface area contributed by atoms with Crippen molar-refractivity contribution in [1.29, 1.82) is 0 Å². The van der Waals surface area contributed by atoms with E-state index in [1.807, 2.05) is 6.92 Å². The van der Waals surface area contributed by atoms with Gasteiger partial charge in [0.05, 0.1) is 12.7 Å². The Labute approximate surface area is 76.3 Å². The van der Waals surface area contributed by atoms with Crippen LogP contribution in [0, 0.1) is 5.92 Å². The third kappa shape index (κ3) is 6.62. The summed E-state index contributed by atoms with van der Waals surface area (Å²) in [6.07, 6.45) is 1.27. The maximum Gasteiger partial charge on any atom is 0.155 e. The van der Waals surface area contributed by atoms with Crippen LogP contribution in [0.1, 0.15) is 41.0 Å². The zero-order valence-corrected chi connectivity index (χ0v) is 8.96. The number of hydrogen-bond donors (Lipinski definition) is 0. The predicted octanol–water partition coefficient (Wildman–Crippen LogP) is 2.82.